The first-order valence-corrected chi connectivity index (χ1v) is 15.2. The van der Waals surface area contributed by atoms with Crippen LogP contribution in [0.2, 0.25) is 0 Å². The summed E-state index contributed by atoms with van der Waals surface area (Å²) < 4.78 is 18.8. The monoisotopic (exact) mass is 666 g/mol. The zero-order valence-corrected chi connectivity index (χ0v) is 26.6. The third-order valence-corrected chi connectivity index (χ3v) is 8.62. The van der Waals surface area contributed by atoms with Crippen LogP contribution in [0.4, 0.5) is 0 Å². The van der Waals surface area contributed by atoms with Crippen molar-refractivity contribution in [1.82, 2.24) is 9.55 Å². The highest BCUT2D eigenvalue weighted by atomic mass is 79.9. The minimum Gasteiger partial charge on any atom is -0.507 e. The van der Waals surface area contributed by atoms with Crippen LogP contribution >= 0.6 is 15.9 Å². The zero-order valence-electron chi connectivity index (χ0n) is 25.0. The number of para-hydroxylation sites is 2. The van der Waals surface area contributed by atoms with Crippen molar-refractivity contribution in [3.8, 4) is 17.2 Å². The summed E-state index contributed by atoms with van der Waals surface area (Å²) in [5.41, 5.74) is 4.14. The molecule has 4 aromatic carbocycles. The number of fused-ring (bicyclic) bond motifs is 2. The number of rotatable bonds is 9. The number of aryl methyl sites for hydroxylation is 1. The number of H-pyrrole nitrogens is 1. The summed E-state index contributed by atoms with van der Waals surface area (Å²) in [6.07, 6.45) is 0.350. The van der Waals surface area contributed by atoms with Crippen molar-refractivity contribution in [2.75, 3.05) is 20.8 Å². The minimum atomic E-state index is -0.661. The number of aromatic amines is 1. The second kappa shape index (κ2) is 12.5. The minimum absolute atomic E-state index is 0.0653. The summed E-state index contributed by atoms with van der Waals surface area (Å²) in [7, 11) is 4.74. The van der Waals surface area contributed by atoms with E-state index < -0.39 is 11.9 Å². The summed E-state index contributed by atoms with van der Waals surface area (Å²) >= 11 is 3.59. The molecule has 0 saturated carbocycles. The van der Waals surface area contributed by atoms with E-state index in [2.05, 4.69) is 20.9 Å². The second-order valence-corrected chi connectivity index (χ2v) is 11.6. The van der Waals surface area contributed by atoms with Crippen molar-refractivity contribution in [3.05, 3.63) is 134 Å². The lowest BCUT2D eigenvalue weighted by Crippen LogP contribution is -2.25. The Balaban J connectivity index is 1.47. The quantitative estimate of drug-likeness (QED) is 0.160. The van der Waals surface area contributed by atoms with Crippen LogP contribution < -0.4 is 15.0 Å². The van der Waals surface area contributed by atoms with Gasteiger partial charge < -0.3 is 28.9 Å². The van der Waals surface area contributed by atoms with Gasteiger partial charge in [-0.2, -0.15) is 0 Å². The van der Waals surface area contributed by atoms with Crippen LogP contribution in [-0.2, 0) is 18.2 Å². The fourth-order valence-corrected chi connectivity index (χ4v) is 6.37. The number of benzene rings is 4. The number of hydrogen-bond donors (Lipinski definition) is 2. The molecule has 0 aliphatic heterocycles. The highest BCUT2D eigenvalue weighted by Gasteiger charge is 2.30. The Morgan fingerprint density at radius 3 is 2.44 bits per heavy atom. The van der Waals surface area contributed by atoms with Crippen molar-refractivity contribution in [3.63, 3.8) is 0 Å². The molecule has 2 heterocycles. The van der Waals surface area contributed by atoms with Gasteiger partial charge in [0.15, 0.2) is 0 Å². The van der Waals surface area contributed by atoms with Gasteiger partial charge in [-0.25, -0.2) is 4.79 Å². The highest BCUT2D eigenvalue weighted by Crippen LogP contribution is 2.41. The molecule has 6 aromatic rings. The summed E-state index contributed by atoms with van der Waals surface area (Å²) in [6, 6.07) is 27.8. The van der Waals surface area contributed by atoms with E-state index >= 15 is 0 Å². The first kappa shape index (κ1) is 30.0. The Morgan fingerprint density at radius 1 is 0.933 bits per heavy atom. The molecule has 8 nitrogen and oxygen atoms in total. The first-order chi connectivity index (χ1) is 21.8. The van der Waals surface area contributed by atoms with E-state index in [1.807, 2.05) is 72.8 Å². The summed E-state index contributed by atoms with van der Waals surface area (Å²) in [4.78, 5) is 30.7. The van der Waals surface area contributed by atoms with Crippen LogP contribution in [0.25, 0.3) is 21.8 Å². The zero-order chi connectivity index (χ0) is 31.7. The van der Waals surface area contributed by atoms with E-state index in [-0.39, 0.29) is 29.0 Å². The normalized spacial score (nSPS) is 11.9. The molecule has 0 fully saturated rings. The third kappa shape index (κ3) is 5.55. The second-order valence-electron chi connectivity index (χ2n) is 10.6. The fraction of sp³-hybridized carbons (Fsp3) is 0.167. The van der Waals surface area contributed by atoms with Crippen LogP contribution in [0.15, 0.2) is 100 Å². The van der Waals surface area contributed by atoms with Crippen LogP contribution in [-0.4, -0.2) is 41.5 Å². The van der Waals surface area contributed by atoms with Crippen molar-refractivity contribution in [1.29, 1.82) is 0 Å². The van der Waals surface area contributed by atoms with E-state index in [0.29, 0.717) is 28.8 Å². The molecule has 1 unspecified atom stereocenters. The number of aromatic hydroxyl groups is 1. The number of nitrogens with one attached hydrogen (secondary N) is 1. The largest absolute Gasteiger partial charge is 0.507 e. The topological polar surface area (TPSA) is 103 Å². The molecule has 6 rings (SSSR count). The maximum absolute atomic E-state index is 14.1. The number of esters is 1. The lowest BCUT2D eigenvalue weighted by molar-refractivity contribution is 0.0505. The van der Waals surface area contributed by atoms with Gasteiger partial charge in [-0.05, 0) is 53.6 Å². The van der Waals surface area contributed by atoms with Gasteiger partial charge in [-0.3, -0.25) is 4.79 Å². The fourth-order valence-electron chi connectivity index (χ4n) is 5.95. The lowest BCUT2D eigenvalue weighted by Gasteiger charge is -2.22. The molecule has 0 radical (unpaired) electrons. The smallest absolute Gasteiger partial charge is 0.341 e. The van der Waals surface area contributed by atoms with Gasteiger partial charge in [0.1, 0.15) is 22.8 Å². The van der Waals surface area contributed by atoms with Crippen LogP contribution in [0.5, 0.6) is 17.2 Å². The summed E-state index contributed by atoms with van der Waals surface area (Å²) in [6.45, 7) is 0.0653. The molecule has 0 spiro atoms. The maximum Gasteiger partial charge on any atom is 0.341 e. The van der Waals surface area contributed by atoms with Gasteiger partial charge in [0.2, 0.25) is 0 Å². The number of aromatic nitrogens is 2. The Kier molecular flexibility index (Phi) is 8.36. The predicted octanol–water partition coefficient (Wildman–Crippen LogP) is 7.08. The van der Waals surface area contributed by atoms with E-state index in [1.165, 1.54) is 7.11 Å². The number of ether oxygens (including phenoxy) is 3. The van der Waals surface area contributed by atoms with Crippen LogP contribution in [0.3, 0.4) is 0 Å². The van der Waals surface area contributed by atoms with E-state index in [0.717, 1.165) is 32.2 Å². The Morgan fingerprint density at radius 2 is 1.69 bits per heavy atom. The number of methoxy groups -OCH3 is 2. The Labute approximate surface area is 267 Å². The predicted molar refractivity (Wildman–Crippen MR) is 178 cm³/mol. The van der Waals surface area contributed by atoms with Crippen molar-refractivity contribution < 1.29 is 24.1 Å². The molecular formula is C36H31BrN2O6. The Bertz CT molecular complexity index is 2120. The molecule has 228 valence electrons. The van der Waals surface area contributed by atoms with Gasteiger partial charge >= 0.3 is 5.97 Å². The number of hydrogen-bond acceptors (Lipinski definition) is 6. The first-order valence-electron chi connectivity index (χ1n) is 14.4. The van der Waals surface area contributed by atoms with Gasteiger partial charge in [0.25, 0.3) is 5.56 Å². The molecule has 0 aliphatic carbocycles. The molecule has 2 aromatic heterocycles. The van der Waals surface area contributed by atoms with Crippen molar-refractivity contribution >= 4 is 43.7 Å². The number of halogens is 1. The molecule has 45 heavy (non-hydrogen) atoms. The van der Waals surface area contributed by atoms with Gasteiger partial charge in [-0.15, -0.1) is 0 Å². The molecule has 0 bridgehead atoms. The van der Waals surface area contributed by atoms with E-state index in [1.54, 1.807) is 36.9 Å². The summed E-state index contributed by atoms with van der Waals surface area (Å²) in [5.74, 6) is -0.342. The molecule has 0 aliphatic rings. The van der Waals surface area contributed by atoms with Crippen molar-refractivity contribution in [2.45, 2.75) is 12.3 Å². The molecule has 0 amide bonds. The number of nitrogens with zero attached hydrogens (tertiary/aromatic N) is 1. The molecule has 9 heteroatoms. The van der Waals surface area contributed by atoms with E-state index in [4.69, 9.17) is 14.2 Å². The van der Waals surface area contributed by atoms with Crippen LogP contribution in [0, 0.1) is 0 Å². The Hall–Kier alpha value is -5.02. The SMILES string of the molecule is COc1ccc(C(=O)OCCc2c(C(c3cccc(Br)c3)c3c(O)c4ccccc4n(C)c3=O)[nH]c3ccccc23)c(OC)c1. The average Bonchev–Trinajstić information content (AvgIpc) is 3.42. The van der Waals surface area contributed by atoms with E-state index in [9.17, 15) is 14.7 Å². The van der Waals surface area contributed by atoms with Crippen LogP contribution in [0.1, 0.15) is 38.7 Å². The van der Waals surface area contributed by atoms with Gasteiger partial charge in [-0.1, -0.05) is 58.4 Å². The highest BCUT2D eigenvalue weighted by molar-refractivity contribution is 9.10. The number of pyridine rings is 1. The number of carbonyl (C=O) groups is 1. The van der Waals surface area contributed by atoms with Crippen molar-refractivity contribution in [2.24, 2.45) is 7.05 Å². The summed E-state index contributed by atoms with van der Waals surface area (Å²) in [5, 5.41) is 13.2. The molecular weight excluding hydrogens is 636 g/mol. The van der Waals surface area contributed by atoms with Gasteiger partial charge in [0.05, 0.1) is 37.8 Å². The average molecular weight is 668 g/mol. The lowest BCUT2D eigenvalue weighted by atomic mass is 9.85. The van der Waals surface area contributed by atoms with Gasteiger partial charge in [0, 0.05) is 46.0 Å². The number of carbonyl (C=O) groups excluding carboxylic acids is 1. The molecule has 0 saturated heterocycles. The molecule has 2 N–H and O–H groups in total. The molecule has 1 atom stereocenters. The maximum atomic E-state index is 14.1. The third-order valence-electron chi connectivity index (χ3n) is 8.13. The standard InChI is InChI=1S/C36H31BrN2O6/c1-39-29-14-7-5-12-26(29)34(40)32(35(39)41)31(21-9-8-10-22(37)19-21)33-25(24-11-4-6-13-28(24)38-33)17-18-45-36(42)27-16-15-23(43-2)20-30(27)44-3/h4-16,19-20,31,38,40H,17-18H2,1-3H3.